The molecule has 0 atom stereocenters. The molecule has 1 aromatic carbocycles. The number of ether oxygens (including phenoxy) is 1. The number of aromatic amines is 1. The largest absolute Gasteiger partial charge is 0.545 e. The minimum absolute atomic E-state index is 0.412. The predicted molar refractivity (Wildman–Crippen MR) is 88.7 cm³/mol. The van der Waals surface area contributed by atoms with E-state index in [0.29, 0.717) is 24.6 Å². The van der Waals surface area contributed by atoms with Crippen molar-refractivity contribution in [1.29, 1.82) is 0 Å². The Bertz CT molecular complexity index is 892. The molecule has 0 aliphatic rings. The average molecular weight is 353 g/mol. The molecular formula is C18H15N3O5. The number of carboxylic acid groups (broad SMARTS) is 2. The molecule has 3 rings (SSSR count). The van der Waals surface area contributed by atoms with Crippen molar-refractivity contribution in [3.63, 3.8) is 0 Å². The van der Waals surface area contributed by atoms with Crippen LogP contribution in [0.25, 0.3) is 10.8 Å². The molecule has 0 fully saturated rings. The van der Waals surface area contributed by atoms with Gasteiger partial charge in [-0.1, -0.05) is 18.2 Å². The Morgan fingerprint density at radius 3 is 2.58 bits per heavy atom. The molecule has 0 spiro atoms. The first-order valence-corrected chi connectivity index (χ1v) is 7.47. The summed E-state index contributed by atoms with van der Waals surface area (Å²) in [6.45, 7) is 0.412. The molecule has 0 aliphatic heterocycles. The van der Waals surface area contributed by atoms with Crippen LogP contribution in [-0.4, -0.2) is 27.1 Å². The normalized spacial score (nSPS) is 10.2. The molecule has 0 unspecified atom stereocenters. The van der Waals surface area contributed by atoms with Crippen LogP contribution in [-0.2, 0) is 16.2 Å². The molecule has 3 aromatic rings. The Labute approximate surface area is 148 Å². The lowest BCUT2D eigenvalue weighted by Crippen LogP contribution is -2.19. The third-order valence-electron chi connectivity index (χ3n) is 3.02. The van der Waals surface area contributed by atoms with E-state index in [9.17, 15) is 14.7 Å². The molecule has 0 radical (unpaired) electrons. The van der Waals surface area contributed by atoms with Gasteiger partial charge in [-0.3, -0.25) is 4.98 Å². The van der Waals surface area contributed by atoms with E-state index in [1.54, 1.807) is 6.20 Å². The summed E-state index contributed by atoms with van der Waals surface area (Å²) in [5, 5.41) is 26.3. The second-order valence-corrected chi connectivity index (χ2v) is 4.88. The van der Waals surface area contributed by atoms with E-state index in [0.717, 1.165) is 16.5 Å². The first-order valence-electron chi connectivity index (χ1n) is 7.47. The highest BCUT2D eigenvalue weighted by Crippen LogP contribution is 2.20. The van der Waals surface area contributed by atoms with E-state index in [1.807, 2.05) is 48.7 Å². The number of rotatable bonds is 5. The van der Waals surface area contributed by atoms with Gasteiger partial charge in [-0.15, -0.1) is 5.10 Å². The summed E-state index contributed by atoms with van der Waals surface area (Å²) in [7, 11) is 0. The highest BCUT2D eigenvalue weighted by molar-refractivity contribution is 5.88. The summed E-state index contributed by atoms with van der Waals surface area (Å²) >= 11 is 0. The minimum Gasteiger partial charge on any atom is -0.545 e. The predicted octanol–water partition coefficient (Wildman–Crippen LogP) is 0.400. The fraction of sp³-hybridized carbons (Fsp3) is 0.0556. The number of aromatic nitrogens is 3. The number of aliphatic carboxylic acids is 2. The van der Waals surface area contributed by atoms with Crippen LogP contribution in [0.5, 0.6) is 5.88 Å². The van der Waals surface area contributed by atoms with E-state index >= 15 is 0 Å². The van der Waals surface area contributed by atoms with Crippen LogP contribution in [0.1, 0.15) is 5.69 Å². The van der Waals surface area contributed by atoms with Crippen molar-refractivity contribution in [3.8, 4) is 5.88 Å². The fourth-order valence-electron chi connectivity index (χ4n) is 1.91. The summed E-state index contributed by atoms with van der Waals surface area (Å²) in [4.78, 5) is 23.2. The molecule has 2 aromatic heterocycles. The molecule has 0 bridgehead atoms. The standard InChI is InChI=1S/C14H11N3O.C4H4O4/c1-2-7-13-11(5-1)9-16-17-14(13)18-10-12-6-3-4-8-15-12;5-3(6)1-2-4(7)8/h1-9H,10H2;1-2H,(H,5,6)(H,7,8)/b;2-1-. The van der Waals surface area contributed by atoms with E-state index in [1.165, 1.54) is 0 Å². The SMILES string of the molecule is O=C([O-])/C=C\C(=O)O.c1ccc(COc2n[nH+]cc3ccccc23)nc1. The maximum Gasteiger partial charge on any atom is 0.328 e. The Hall–Kier alpha value is -3.81. The number of hydrogen-bond donors (Lipinski definition) is 1. The van der Waals surface area contributed by atoms with Crippen LogP contribution in [0.3, 0.4) is 0 Å². The van der Waals surface area contributed by atoms with E-state index in [-0.39, 0.29) is 0 Å². The lowest BCUT2D eigenvalue weighted by Gasteiger charge is -2.04. The van der Waals surface area contributed by atoms with Gasteiger partial charge in [0.2, 0.25) is 6.20 Å². The summed E-state index contributed by atoms with van der Waals surface area (Å²) < 4.78 is 5.70. The molecule has 8 heteroatoms. The fourth-order valence-corrected chi connectivity index (χ4v) is 1.91. The van der Waals surface area contributed by atoms with Gasteiger partial charge in [-0.25, -0.2) is 4.79 Å². The molecule has 0 saturated heterocycles. The number of carbonyl (C=O) groups is 2. The molecular weight excluding hydrogens is 338 g/mol. The molecule has 8 nitrogen and oxygen atoms in total. The van der Waals surface area contributed by atoms with Gasteiger partial charge in [0.05, 0.1) is 22.4 Å². The van der Waals surface area contributed by atoms with Crippen LogP contribution in [0.2, 0.25) is 0 Å². The first-order chi connectivity index (χ1) is 12.6. The third-order valence-corrected chi connectivity index (χ3v) is 3.02. The second-order valence-electron chi connectivity index (χ2n) is 4.88. The molecule has 26 heavy (non-hydrogen) atoms. The lowest BCUT2D eigenvalue weighted by atomic mass is 10.2. The number of carboxylic acids is 2. The van der Waals surface area contributed by atoms with E-state index in [2.05, 4.69) is 15.2 Å². The highest BCUT2D eigenvalue weighted by Gasteiger charge is 2.07. The summed E-state index contributed by atoms with van der Waals surface area (Å²) in [5.41, 5.74) is 0.882. The van der Waals surface area contributed by atoms with Gasteiger partial charge in [0.1, 0.15) is 6.61 Å². The van der Waals surface area contributed by atoms with Crippen molar-refractivity contribution in [3.05, 3.63) is 72.7 Å². The summed E-state index contributed by atoms with van der Waals surface area (Å²) in [6.07, 6.45) is 4.54. The highest BCUT2D eigenvalue weighted by atomic mass is 16.5. The summed E-state index contributed by atoms with van der Waals surface area (Å²) in [6, 6.07) is 13.7. The van der Waals surface area contributed by atoms with Crippen LogP contribution >= 0.6 is 0 Å². The molecule has 0 saturated carbocycles. The quantitative estimate of drug-likeness (QED) is 0.658. The van der Waals surface area contributed by atoms with Gasteiger partial charge in [0.15, 0.2) is 0 Å². The van der Waals surface area contributed by atoms with E-state index in [4.69, 9.17) is 9.84 Å². The number of H-pyrrole nitrogens is 1. The van der Waals surface area contributed by atoms with Crippen LogP contribution in [0.4, 0.5) is 0 Å². The zero-order valence-corrected chi connectivity index (χ0v) is 13.5. The Morgan fingerprint density at radius 1 is 1.15 bits per heavy atom. The van der Waals surface area contributed by atoms with Gasteiger partial charge in [-0.2, -0.15) is 0 Å². The number of pyridine rings is 1. The summed E-state index contributed by atoms with van der Waals surface area (Å²) in [5.74, 6) is -2.21. The number of hydrogen-bond acceptors (Lipinski definition) is 6. The van der Waals surface area contributed by atoms with Crippen molar-refractivity contribution in [1.82, 2.24) is 10.1 Å². The molecule has 2 heterocycles. The van der Waals surface area contributed by atoms with Crippen molar-refractivity contribution in [2.45, 2.75) is 6.61 Å². The van der Waals surface area contributed by atoms with Gasteiger partial charge in [0, 0.05) is 17.4 Å². The number of nitrogens with zero attached hydrogens (tertiary/aromatic N) is 2. The van der Waals surface area contributed by atoms with Gasteiger partial charge in [0.25, 0.3) is 5.88 Å². The van der Waals surface area contributed by atoms with Gasteiger partial charge in [-0.05, 0) is 30.3 Å². The van der Waals surface area contributed by atoms with Gasteiger partial charge >= 0.3 is 5.97 Å². The number of benzene rings is 1. The topological polar surface area (TPSA) is 127 Å². The number of carbonyl (C=O) groups excluding carboxylic acids is 1. The molecule has 2 N–H and O–H groups in total. The second kappa shape index (κ2) is 9.48. The Kier molecular flexibility index (Phi) is 6.75. The molecule has 0 amide bonds. The van der Waals surface area contributed by atoms with Gasteiger partial charge < -0.3 is 19.7 Å². The van der Waals surface area contributed by atoms with Crippen LogP contribution in [0.15, 0.2) is 67.0 Å². The van der Waals surface area contributed by atoms with Crippen LogP contribution < -0.4 is 14.9 Å². The lowest BCUT2D eigenvalue weighted by molar-refractivity contribution is -0.454. The number of nitrogens with one attached hydrogen (secondary N) is 1. The Morgan fingerprint density at radius 2 is 1.92 bits per heavy atom. The van der Waals surface area contributed by atoms with Crippen molar-refractivity contribution in [2.75, 3.05) is 0 Å². The smallest absolute Gasteiger partial charge is 0.328 e. The first kappa shape index (κ1) is 18.5. The minimum atomic E-state index is -1.51. The van der Waals surface area contributed by atoms with Crippen molar-refractivity contribution in [2.24, 2.45) is 0 Å². The van der Waals surface area contributed by atoms with E-state index < -0.39 is 11.9 Å². The Balaban J connectivity index is 0.000000260. The molecule has 0 aliphatic carbocycles. The van der Waals surface area contributed by atoms with Crippen LogP contribution in [0, 0.1) is 0 Å². The zero-order valence-electron chi connectivity index (χ0n) is 13.5. The van der Waals surface area contributed by atoms with Crippen molar-refractivity contribution >= 4 is 22.7 Å². The molecule has 132 valence electrons. The maximum atomic E-state index is 9.53. The maximum absolute atomic E-state index is 9.53. The van der Waals surface area contributed by atoms with Crippen molar-refractivity contribution < 1.29 is 29.6 Å². The average Bonchev–Trinajstić information content (AvgIpc) is 2.66. The number of fused-ring (bicyclic) bond motifs is 1. The third kappa shape index (κ3) is 6.00. The zero-order chi connectivity index (χ0) is 18.8. The monoisotopic (exact) mass is 353 g/mol.